The summed E-state index contributed by atoms with van der Waals surface area (Å²) < 4.78 is 0. The summed E-state index contributed by atoms with van der Waals surface area (Å²) in [6.07, 6.45) is 1.21. The molecule has 0 N–H and O–H groups in total. The highest BCUT2D eigenvalue weighted by atomic mass is 16.1. The number of carbonyl (C=O) groups is 2. The smallest absolute Gasteiger partial charge is 0.168 e. The van der Waals surface area contributed by atoms with E-state index in [-0.39, 0.29) is 24.4 Å². The highest BCUT2D eigenvalue weighted by Gasteiger charge is 2.13. The van der Waals surface area contributed by atoms with Crippen LogP contribution in [-0.2, 0) is 0 Å². The van der Waals surface area contributed by atoms with E-state index in [1.807, 2.05) is 121 Å². The lowest BCUT2D eigenvalue weighted by atomic mass is 10.0. The third kappa shape index (κ3) is 7.77. The number of aliphatic imine (C=N–C) groups is 2. The zero-order valence-electron chi connectivity index (χ0n) is 20.8. The van der Waals surface area contributed by atoms with Gasteiger partial charge in [-0.3, -0.25) is 19.6 Å². The number of rotatable bonds is 12. The number of carbonyl (C=O) groups excluding carboxylic acids is 2. The fourth-order valence-corrected chi connectivity index (χ4v) is 4.01. The van der Waals surface area contributed by atoms with Gasteiger partial charge in [-0.25, -0.2) is 0 Å². The third-order valence-electron chi connectivity index (χ3n) is 5.98. The molecule has 0 aliphatic rings. The Bertz CT molecular complexity index is 1240. The molecule has 0 amide bonds. The molecule has 0 bridgehead atoms. The summed E-state index contributed by atoms with van der Waals surface area (Å²) in [5.74, 6) is 0.0963. The molecule has 0 spiro atoms. The standard InChI is InChI=1S/C33H30N2O2/c36-32(28-18-9-3-10-19-28)24-30(26-14-5-1-6-15-26)34-22-13-23-35-31(27-16-7-2-8-17-27)25-33(37)29-20-11-4-12-21-29/h1-12,14-21H,13,22-25H2. The largest absolute Gasteiger partial charge is 0.294 e. The molecule has 0 radical (unpaired) electrons. The zero-order valence-corrected chi connectivity index (χ0v) is 20.8. The van der Waals surface area contributed by atoms with E-state index < -0.39 is 0 Å². The lowest BCUT2D eigenvalue weighted by Crippen LogP contribution is -2.12. The van der Waals surface area contributed by atoms with Crippen LogP contribution in [0, 0.1) is 0 Å². The van der Waals surface area contributed by atoms with Gasteiger partial charge in [-0.2, -0.15) is 0 Å². The molecule has 4 rings (SSSR count). The summed E-state index contributed by atoms with van der Waals surface area (Å²) in [4.78, 5) is 35.3. The Morgan fingerprint density at radius 1 is 0.432 bits per heavy atom. The fraction of sp³-hybridized carbons (Fsp3) is 0.152. The molecular formula is C33H30N2O2. The monoisotopic (exact) mass is 486 g/mol. The molecule has 0 saturated heterocycles. The first-order valence-corrected chi connectivity index (χ1v) is 12.5. The van der Waals surface area contributed by atoms with E-state index in [9.17, 15) is 9.59 Å². The second-order valence-electron chi connectivity index (χ2n) is 8.67. The van der Waals surface area contributed by atoms with Crippen molar-refractivity contribution in [3.05, 3.63) is 144 Å². The van der Waals surface area contributed by atoms with Crippen LogP contribution in [0.1, 0.15) is 51.1 Å². The van der Waals surface area contributed by atoms with Gasteiger partial charge in [-0.15, -0.1) is 0 Å². The van der Waals surface area contributed by atoms with Gasteiger partial charge < -0.3 is 0 Å². The molecule has 0 aliphatic heterocycles. The maximum atomic E-state index is 12.8. The van der Waals surface area contributed by atoms with Crippen molar-refractivity contribution < 1.29 is 9.59 Å². The van der Waals surface area contributed by atoms with Crippen molar-refractivity contribution in [1.29, 1.82) is 0 Å². The van der Waals surface area contributed by atoms with Crippen LogP contribution in [0.25, 0.3) is 0 Å². The highest BCUT2D eigenvalue weighted by molar-refractivity contribution is 6.16. The molecule has 4 aromatic rings. The van der Waals surface area contributed by atoms with E-state index in [0.717, 1.165) is 22.6 Å². The second-order valence-corrected chi connectivity index (χ2v) is 8.67. The van der Waals surface area contributed by atoms with E-state index in [0.29, 0.717) is 30.6 Å². The van der Waals surface area contributed by atoms with Gasteiger partial charge >= 0.3 is 0 Å². The average molecular weight is 487 g/mol. The molecule has 0 fully saturated rings. The van der Waals surface area contributed by atoms with E-state index in [1.54, 1.807) is 0 Å². The molecule has 37 heavy (non-hydrogen) atoms. The Hall–Kier alpha value is -4.44. The number of nitrogens with zero attached hydrogens (tertiary/aromatic N) is 2. The summed E-state index contributed by atoms with van der Waals surface area (Å²) in [5, 5.41) is 0. The molecule has 0 aliphatic carbocycles. The van der Waals surface area contributed by atoms with Gasteiger partial charge in [0.15, 0.2) is 11.6 Å². The first kappa shape index (κ1) is 25.6. The number of ketones is 2. The van der Waals surface area contributed by atoms with E-state index >= 15 is 0 Å². The molecule has 0 aromatic heterocycles. The molecule has 0 unspecified atom stereocenters. The fourth-order valence-electron chi connectivity index (χ4n) is 4.01. The topological polar surface area (TPSA) is 58.9 Å². The molecule has 0 atom stereocenters. The van der Waals surface area contributed by atoms with E-state index in [1.165, 1.54) is 0 Å². The van der Waals surface area contributed by atoms with Crippen molar-refractivity contribution in [3.8, 4) is 0 Å². The van der Waals surface area contributed by atoms with Crippen molar-refractivity contribution in [2.24, 2.45) is 9.98 Å². The van der Waals surface area contributed by atoms with Gasteiger partial charge in [0.2, 0.25) is 0 Å². The summed E-state index contributed by atoms with van der Waals surface area (Å²) in [5.41, 5.74) is 4.84. The Morgan fingerprint density at radius 2 is 0.730 bits per heavy atom. The molecular weight excluding hydrogens is 456 g/mol. The molecule has 0 heterocycles. The molecule has 0 saturated carbocycles. The van der Waals surface area contributed by atoms with E-state index in [2.05, 4.69) is 0 Å². The van der Waals surface area contributed by atoms with Crippen LogP contribution in [0.3, 0.4) is 0 Å². The zero-order chi connectivity index (χ0) is 25.7. The summed E-state index contributed by atoms with van der Waals surface area (Å²) in [7, 11) is 0. The maximum Gasteiger partial charge on any atom is 0.168 e. The normalized spacial score (nSPS) is 11.8. The molecule has 184 valence electrons. The quantitative estimate of drug-likeness (QED) is 0.124. The van der Waals surface area contributed by atoms with Crippen molar-refractivity contribution in [2.75, 3.05) is 13.1 Å². The Morgan fingerprint density at radius 3 is 1.05 bits per heavy atom. The van der Waals surface area contributed by atoms with Gasteiger partial charge in [0.05, 0.1) is 12.8 Å². The third-order valence-corrected chi connectivity index (χ3v) is 5.98. The summed E-state index contributed by atoms with van der Waals surface area (Å²) >= 11 is 0. The minimum absolute atomic E-state index is 0.0482. The predicted molar refractivity (Wildman–Crippen MR) is 151 cm³/mol. The lowest BCUT2D eigenvalue weighted by Gasteiger charge is -2.08. The van der Waals surface area contributed by atoms with Crippen molar-refractivity contribution >= 4 is 23.0 Å². The van der Waals surface area contributed by atoms with Gasteiger partial charge in [-0.05, 0) is 17.5 Å². The molecule has 4 nitrogen and oxygen atoms in total. The van der Waals surface area contributed by atoms with Crippen LogP contribution < -0.4 is 0 Å². The van der Waals surface area contributed by atoms with Crippen LogP contribution >= 0.6 is 0 Å². The van der Waals surface area contributed by atoms with Crippen molar-refractivity contribution in [1.82, 2.24) is 0 Å². The first-order chi connectivity index (χ1) is 18.2. The number of hydrogen-bond donors (Lipinski definition) is 0. The number of benzene rings is 4. The van der Waals surface area contributed by atoms with Crippen LogP contribution in [-0.4, -0.2) is 36.1 Å². The Balaban J connectivity index is 1.44. The minimum atomic E-state index is 0.0482. The maximum absolute atomic E-state index is 12.8. The SMILES string of the molecule is O=C(CC(=NCCCN=C(CC(=O)c1ccccc1)c1ccccc1)c1ccccc1)c1ccccc1. The average Bonchev–Trinajstić information content (AvgIpc) is 2.97. The van der Waals surface area contributed by atoms with Gasteiger partial charge in [-0.1, -0.05) is 121 Å². The molecule has 4 heteroatoms. The van der Waals surface area contributed by atoms with Crippen LogP contribution in [0.5, 0.6) is 0 Å². The van der Waals surface area contributed by atoms with E-state index in [4.69, 9.17) is 9.98 Å². The summed E-state index contributed by atoms with van der Waals surface area (Å²) in [6.45, 7) is 1.09. The molecule has 4 aromatic carbocycles. The minimum Gasteiger partial charge on any atom is -0.294 e. The highest BCUT2D eigenvalue weighted by Crippen LogP contribution is 2.12. The van der Waals surface area contributed by atoms with Crippen molar-refractivity contribution in [2.45, 2.75) is 19.3 Å². The number of hydrogen-bond acceptors (Lipinski definition) is 4. The Kier molecular flexibility index (Phi) is 9.42. The summed E-state index contributed by atoms with van der Waals surface area (Å²) in [6, 6.07) is 38.3. The second kappa shape index (κ2) is 13.6. The van der Waals surface area contributed by atoms with Crippen LogP contribution in [0.4, 0.5) is 0 Å². The number of Topliss-reactive ketones (excluding diaryl/α,β-unsaturated/α-hetero) is 2. The van der Waals surface area contributed by atoms with Gasteiger partial charge in [0.25, 0.3) is 0 Å². The van der Waals surface area contributed by atoms with Crippen LogP contribution in [0.2, 0.25) is 0 Å². The predicted octanol–water partition coefficient (Wildman–Crippen LogP) is 6.90. The van der Waals surface area contributed by atoms with Crippen molar-refractivity contribution in [3.63, 3.8) is 0 Å². The van der Waals surface area contributed by atoms with Crippen LogP contribution in [0.15, 0.2) is 131 Å². The van der Waals surface area contributed by atoms with Gasteiger partial charge in [0.1, 0.15) is 0 Å². The van der Waals surface area contributed by atoms with Gasteiger partial charge in [0, 0.05) is 35.6 Å². The first-order valence-electron chi connectivity index (χ1n) is 12.5. The lowest BCUT2D eigenvalue weighted by molar-refractivity contribution is 0.0992. The Labute approximate surface area is 218 Å².